The smallest absolute Gasteiger partial charge is 0.268 e. The fourth-order valence-electron chi connectivity index (χ4n) is 2.69. The highest BCUT2D eigenvalue weighted by molar-refractivity contribution is 8.19. The molecule has 2 heterocycles. The van der Waals surface area contributed by atoms with Gasteiger partial charge in [0.15, 0.2) is 5.17 Å². The summed E-state index contributed by atoms with van der Waals surface area (Å²) in [5.41, 5.74) is 1.81. The Labute approximate surface area is 186 Å². The van der Waals surface area contributed by atoms with Crippen LogP contribution in [0, 0.1) is 0 Å². The third-order valence-electron chi connectivity index (χ3n) is 4.06. The van der Waals surface area contributed by atoms with Crippen LogP contribution in [0.25, 0.3) is 6.08 Å². The summed E-state index contributed by atoms with van der Waals surface area (Å²) in [5.74, 6) is -0.221. The Kier molecular flexibility index (Phi) is 5.92. The van der Waals surface area contributed by atoms with Crippen LogP contribution in [-0.2, 0) is 4.79 Å². The standard InChI is InChI=1S/C21H12Cl3N3OS/c22-15-7-4-8-16(23)14(15)11-19-20(28)27(13-5-2-1-3-6-13)21(29-19)26-18-9-10-25-12-17(18)24/h1-12H/b19-11-,26-21?. The number of aromatic nitrogens is 1. The first-order chi connectivity index (χ1) is 14.0. The number of hydrogen-bond acceptors (Lipinski definition) is 4. The number of carbonyl (C=O) groups is 1. The van der Waals surface area contributed by atoms with Gasteiger partial charge in [-0.1, -0.05) is 59.1 Å². The van der Waals surface area contributed by atoms with Crippen LogP contribution in [0.15, 0.2) is 76.9 Å². The molecular formula is C21H12Cl3N3OS. The predicted octanol–water partition coefficient (Wildman–Crippen LogP) is 6.85. The molecule has 0 aliphatic carbocycles. The van der Waals surface area contributed by atoms with Crippen molar-refractivity contribution < 1.29 is 4.79 Å². The molecule has 144 valence electrons. The highest BCUT2D eigenvalue weighted by Gasteiger charge is 2.35. The lowest BCUT2D eigenvalue weighted by molar-refractivity contribution is -0.113. The van der Waals surface area contributed by atoms with E-state index in [1.807, 2.05) is 30.3 Å². The number of thioether (sulfide) groups is 1. The van der Waals surface area contributed by atoms with Gasteiger partial charge in [-0.15, -0.1) is 0 Å². The zero-order valence-electron chi connectivity index (χ0n) is 14.7. The van der Waals surface area contributed by atoms with Crippen LogP contribution in [0.5, 0.6) is 0 Å². The largest absolute Gasteiger partial charge is 0.271 e. The summed E-state index contributed by atoms with van der Waals surface area (Å²) in [6, 6.07) is 16.2. The van der Waals surface area contributed by atoms with Crippen LogP contribution >= 0.6 is 46.6 Å². The fraction of sp³-hybridized carbons (Fsp3) is 0. The normalized spacial score (nSPS) is 16.8. The van der Waals surface area contributed by atoms with Gasteiger partial charge in [0, 0.05) is 28.0 Å². The van der Waals surface area contributed by atoms with Crippen molar-refractivity contribution in [1.82, 2.24) is 4.98 Å². The summed E-state index contributed by atoms with van der Waals surface area (Å²) in [7, 11) is 0. The predicted molar refractivity (Wildman–Crippen MR) is 122 cm³/mol. The quantitative estimate of drug-likeness (QED) is 0.401. The fourth-order valence-corrected chi connectivity index (χ4v) is 4.34. The first kappa shape index (κ1) is 20.0. The molecule has 0 spiro atoms. The highest BCUT2D eigenvalue weighted by atomic mass is 35.5. The lowest BCUT2D eigenvalue weighted by Gasteiger charge is -2.15. The second kappa shape index (κ2) is 8.59. The van der Waals surface area contributed by atoms with E-state index < -0.39 is 0 Å². The van der Waals surface area contributed by atoms with E-state index in [1.54, 1.807) is 36.5 Å². The Hall–Kier alpha value is -2.31. The number of carbonyl (C=O) groups excluding carboxylic acids is 1. The van der Waals surface area contributed by atoms with E-state index in [9.17, 15) is 4.79 Å². The van der Waals surface area contributed by atoms with Crippen molar-refractivity contribution >= 4 is 75.1 Å². The number of halogens is 3. The maximum atomic E-state index is 13.2. The van der Waals surface area contributed by atoms with Gasteiger partial charge in [-0.05, 0) is 48.2 Å². The molecule has 0 saturated carbocycles. The molecule has 1 aromatic heterocycles. The van der Waals surface area contributed by atoms with Crippen LogP contribution in [0.2, 0.25) is 15.1 Å². The van der Waals surface area contributed by atoms with Gasteiger partial charge in [0.1, 0.15) is 0 Å². The first-order valence-corrected chi connectivity index (χ1v) is 10.4. The molecule has 1 fully saturated rings. The van der Waals surface area contributed by atoms with E-state index >= 15 is 0 Å². The van der Waals surface area contributed by atoms with Crippen molar-refractivity contribution in [2.75, 3.05) is 4.90 Å². The van der Waals surface area contributed by atoms with Crippen molar-refractivity contribution in [3.05, 3.63) is 92.5 Å². The molecule has 1 amide bonds. The molecule has 0 bridgehead atoms. The molecule has 29 heavy (non-hydrogen) atoms. The van der Waals surface area contributed by atoms with Crippen molar-refractivity contribution in [2.45, 2.75) is 0 Å². The number of amidine groups is 1. The molecular weight excluding hydrogens is 449 g/mol. The SMILES string of the molecule is O=C1/C(=C/c2c(Cl)cccc2Cl)SC(=Nc2ccncc2Cl)N1c1ccccc1. The second-order valence-corrected chi connectivity index (χ2v) is 8.17. The van der Waals surface area contributed by atoms with Gasteiger partial charge in [-0.25, -0.2) is 4.99 Å². The highest BCUT2D eigenvalue weighted by Crippen LogP contribution is 2.39. The van der Waals surface area contributed by atoms with Crippen molar-refractivity contribution in [2.24, 2.45) is 4.99 Å². The maximum Gasteiger partial charge on any atom is 0.271 e. The number of rotatable bonds is 3. The zero-order valence-corrected chi connectivity index (χ0v) is 17.8. The van der Waals surface area contributed by atoms with Crippen molar-refractivity contribution in [3.63, 3.8) is 0 Å². The number of hydrogen-bond donors (Lipinski definition) is 0. The minimum Gasteiger partial charge on any atom is -0.268 e. The summed E-state index contributed by atoms with van der Waals surface area (Å²) < 4.78 is 0. The molecule has 4 rings (SSSR count). The first-order valence-electron chi connectivity index (χ1n) is 8.46. The van der Waals surface area contributed by atoms with Gasteiger partial charge in [0.05, 0.1) is 21.3 Å². The van der Waals surface area contributed by atoms with Gasteiger partial charge in [-0.3, -0.25) is 14.7 Å². The minimum absolute atomic E-state index is 0.221. The number of amides is 1. The van der Waals surface area contributed by atoms with Gasteiger partial charge in [-0.2, -0.15) is 0 Å². The number of aliphatic imine (C=N–C) groups is 1. The molecule has 1 saturated heterocycles. The molecule has 0 N–H and O–H groups in total. The second-order valence-electron chi connectivity index (χ2n) is 5.94. The van der Waals surface area contributed by atoms with Crippen LogP contribution in [0.4, 0.5) is 11.4 Å². The third-order valence-corrected chi connectivity index (χ3v) is 5.98. The van der Waals surface area contributed by atoms with Crippen molar-refractivity contribution in [1.29, 1.82) is 0 Å². The zero-order chi connectivity index (χ0) is 20.4. The van der Waals surface area contributed by atoms with E-state index in [2.05, 4.69) is 9.98 Å². The van der Waals surface area contributed by atoms with Gasteiger partial charge in [0.2, 0.25) is 0 Å². The molecule has 4 nitrogen and oxygen atoms in total. The number of para-hydroxylation sites is 1. The van der Waals surface area contributed by atoms with E-state index in [0.717, 1.165) is 0 Å². The molecule has 0 radical (unpaired) electrons. The van der Waals surface area contributed by atoms with E-state index in [4.69, 9.17) is 34.8 Å². The Morgan fingerprint density at radius 1 is 0.931 bits per heavy atom. The maximum absolute atomic E-state index is 13.2. The Balaban J connectivity index is 1.83. The number of nitrogens with zero attached hydrogens (tertiary/aromatic N) is 3. The number of pyridine rings is 1. The number of anilines is 1. The molecule has 2 aromatic carbocycles. The molecule has 0 atom stereocenters. The van der Waals surface area contributed by atoms with Crippen molar-refractivity contribution in [3.8, 4) is 0 Å². The monoisotopic (exact) mass is 459 g/mol. The van der Waals surface area contributed by atoms with Crippen LogP contribution in [0.1, 0.15) is 5.56 Å². The Morgan fingerprint density at radius 2 is 1.66 bits per heavy atom. The van der Waals surface area contributed by atoms with E-state index in [1.165, 1.54) is 22.9 Å². The van der Waals surface area contributed by atoms with Gasteiger partial charge >= 0.3 is 0 Å². The summed E-state index contributed by atoms with van der Waals surface area (Å²) in [5, 5.41) is 1.80. The average molecular weight is 461 g/mol. The third kappa shape index (κ3) is 4.19. The van der Waals surface area contributed by atoms with Crippen LogP contribution in [0.3, 0.4) is 0 Å². The minimum atomic E-state index is -0.221. The summed E-state index contributed by atoms with van der Waals surface area (Å²) >= 11 is 20.0. The summed E-state index contributed by atoms with van der Waals surface area (Å²) in [4.78, 5) is 23.8. The summed E-state index contributed by atoms with van der Waals surface area (Å²) in [6.45, 7) is 0. The molecule has 1 aliphatic heterocycles. The molecule has 0 unspecified atom stereocenters. The van der Waals surface area contributed by atoms with E-state index in [-0.39, 0.29) is 5.91 Å². The molecule has 1 aliphatic rings. The lowest BCUT2D eigenvalue weighted by atomic mass is 10.2. The Morgan fingerprint density at radius 3 is 2.34 bits per heavy atom. The molecule has 8 heteroatoms. The Bertz CT molecular complexity index is 1130. The lowest BCUT2D eigenvalue weighted by Crippen LogP contribution is -2.28. The molecule has 3 aromatic rings. The van der Waals surface area contributed by atoms with E-state index in [0.29, 0.717) is 42.1 Å². The van der Waals surface area contributed by atoms with Crippen LogP contribution in [-0.4, -0.2) is 16.1 Å². The van der Waals surface area contributed by atoms with Crippen LogP contribution < -0.4 is 4.90 Å². The summed E-state index contributed by atoms with van der Waals surface area (Å²) in [6.07, 6.45) is 4.79. The number of benzene rings is 2. The average Bonchev–Trinajstić information content (AvgIpc) is 3.02. The van der Waals surface area contributed by atoms with Gasteiger partial charge in [0.25, 0.3) is 5.91 Å². The van der Waals surface area contributed by atoms with Gasteiger partial charge < -0.3 is 0 Å². The topological polar surface area (TPSA) is 45.6 Å².